The van der Waals surface area contributed by atoms with E-state index in [4.69, 9.17) is 10.5 Å². The Morgan fingerprint density at radius 3 is 2.50 bits per heavy atom. The largest absolute Gasteiger partial charge is 0.495 e. The van der Waals surface area contributed by atoms with Gasteiger partial charge in [-0.25, -0.2) is 0 Å². The minimum absolute atomic E-state index is 0.0511. The number of carbonyl (C=O) groups is 1. The molecule has 2 rings (SSSR count). The third-order valence-corrected chi connectivity index (χ3v) is 4.17. The Kier molecular flexibility index (Phi) is 4.88. The van der Waals surface area contributed by atoms with Crippen molar-refractivity contribution in [1.82, 2.24) is 4.90 Å². The number of methoxy groups -OCH3 is 1. The van der Waals surface area contributed by atoms with Gasteiger partial charge in [0.2, 0.25) is 0 Å². The van der Waals surface area contributed by atoms with E-state index in [1.54, 1.807) is 25.3 Å². The molecule has 1 fully saturated rings. The van der Waals surface area contributed by atoms with Crippen LogP contribution in [0.4, 0.5) is 5.69 Å². The molecule has 2 N–H and O–H groups in total. The first-order valence-corrected chi connectivity index (χ1v) is 7.34. The summed E-state index contributed by atoms with van der Waals surface area (Å²) < 4.78 is 5.19. The summed E-state index contributed by atoms with van der Waals surface area (Å²) in [7, 11) is 3.47. The summed E-state index contributed by atoms with van der Waals surface area (Å²) in [6.07, 6.45) is 7.21. The van der Waals surface area contributed by atoms with Crippen molar-refractivity contribution in [2.75, 3.05) is 19.9 Å². The van der Waals surface area contributed by atoms with Crippen molar-refractivity contribution in [2.45, 2.75) is 44.6 Å². The van der Waals surface area contributed by atoms with Gasteiger partial charge >= 0.3 is 0 Å². The lowest BCUT2D eigenvalue weighted by Gasteiger charge is -2.27. The fourth-order valence-electron chi connectivity index (χ4n) is 2.86. The number of rotatable bonds is 3. The van der Waals surface area contributed by atoms with E-state index in [1.165, 1.54) is 25.7 Å². The zero-order valence-electron chi connectivity index (χ0n) is 12.4. The highest BCUT2D eigenvalue weighted by Gasteiger charge is 2.22. The molecule has 0 heterocycles. The second kappa shape index (κ2) is 6.64. The third-order valence-electron chi connectivity index (χ3n) is 4.17. The van der Waals surface area contributed by atoms with Gasteiger partial charge < -0.3 is 15.4 Å². The molecule has 0 radical (unpaired) electrons. The maximum Gasteiger partial charge on any atom is 0.253 e. The van der Waals surface area contributed by atoms with Gasteiger partial charge in [0.15, 0.2) is 0 Å². The molecule has 4 heteroatoms. The minimum atomic E-state index is 0.0511. The summed E-state index contributed by atoms with van der Waals surface area (Å²) >= 11 is 0. The van der Waals surface area contributed by atoms with Crippen molar-refractivity contribution in [1.29, 1.82) is 0 Å². The van der Waals surface area contributed by atoms with Crippen LogP contribution in [0.1, 0.15) is 48.9 Å². The number of nitrogen functional groups attached to an aromatic ring is 1. The average molecular weight is 276 g/mol. The Morgan fingerprint density at radius 1 is 1.25 bits per heavy atom. The molecule has 0 unspecified atom stereocenters. The van der Waals surface area contributed by atoms with Gasteiger partial charge in [-0.3, -0.25) is 4.79 Å². The molecule has 1 saturated carbocycles. The Balaban J connectivity index is 2.13. The lowest BCUT2D eigenvalue weighted by Crippen LogP contribution is -2.36. The van der Waals surface area contributed by atoms with Gasteiger partial charge in [-0.15, -0.1) is 0 Å². The van der Waals surface area contributed by atoms with Gasteiger partial charge in [-0.05, 0) is 31.0 Å². The van der Waals surface area contributed by atoms with Crippen LogP contribution in [-0.2, 0) is 0 Å². The Labute approximate surface area is 120 Å². The second-order valence-electron chi connectivity index (χ2n) is 5.52. The number of carbonyl (C=O) groups excluding carboxylic acids is 1. The van der Waals surface area contributed by atoms with Crippen LogP contribution in [0.3, 0.4) is 0 Å². The number of amides is 1. The van der Waals surface area contributed by atoms with Gasteiger partial charge in [0.05, 0.1) is 12.8 Å². The van der Waals surface area contributed by atoms with Crippen molar-refractivity contribution >= 4 is 11.6 Å². The fraction of sp³-hybridized carbons (Fsp3) is 0.562. The Bertz CT molecular complexity index is 466. The molecule has 0 atom stereocenters. The van der Waals surface area contributed by atoms with Crippen molar-refractivity contribution in [3.8, 4) is 5.75 Å². The summed E-state index contributed by atoms with van der Waals surface area (Å²) in [6.45, 7) is 0. The summed E-state index contributed by atoms with van der Waals surface area (Å²) in [5.41, 5.74) is 6.99. The predicted molar refractivity (Wildman–Crippen MR) is 81.0 cm³/mol. The summed E-state index contributed by atoms with van der Waals surface area (Å²) in [6, 6.07) is 5.58. The van der Waals surface area contributed by atoms with Crippen molar-refractivity contribution in [3.05, 3.63) is 23.8 Å². The molecule has 0 aromatic heterocycles. The van der Waals surface area contributed by atoms with E-state index in [0.717, 1.165) is 12.8 Å². The molecule has 4 nitrogen and oxygen atoms in total. The smallest absolute Gasteiger partial charge is 0.253 e. The highest BCUT2D eigenvalue weighted by atomic mass is 16.5. The molecule has 0 aliphatic heterocycles. The molecule has 1 amide bonds. The van der Waals surface area contributed by atoms with Gasteiger partial charge in [-0.1, -0.05) is 25.7 Å². The molecule has 0 bridgehead atoms. The number of hydrogen-bond donors (Lipinski definition) is 1. The van der Waals surface area contributed by atoms with Crippen LogP contribution in [-0.4, -0.2) is 31.0 Å². The number of ether oxygens (including phenoxy) is 1. The Hall–Kier alpha value is -1.71. The fourth-order valence-corrected chi connectivity index (χ4v) is 2.86. The van der Waals surface area contributed by atoms with Crippen molar-refractivity contribution < 1.29 is 9.53 Å². The first-order chi connectivity index (χ1) is 9.63. The Morgan fingerprint density at radius 2 is 1.90 bits per heavy atom. The maximum absolute atomic E-state index is 12.6. The van der Waals surface area contributed by atoms with Gasteiger partial charge in [0.1, 0.15) is 5.75 Å². The molecule has 1 aliphatic rings. The number of nitrogens with zero attached hydrogens (tertiary/aromatic N) is 1. The first kappa shape index (κ1) is 14.7. The maximum atomic E-state index is 12.6. The van der Waals surface area contributed by atoms with Crippen molar-refractivity contribution in [2.24, 2.45) is 0 Å². The second-order valence-corrected chi connectivity index (χ2v) is 5.52. The topological polar surface area (TPSA) is 55.6 Å². The minimum Gasteiger partial charge on any atom is -0.495 e. The number of anilines is 1. The zero-order chi connectivity index (χ0) is 14.5. The zero-order valence-corrected chi connectivity index (χ0v) is 12.4. The van der Waals surface area contributed by atoms with E-state index in [-0.39, 0.29) is 5.91 Å². The van der Waals surface area contributed by atoms with E-state index >= 15 is 0 Å². The molecular formula is C16H24N2O2. The SMILES string of the molecule is COc1cc(C(=O)N(C)C2CCCCCC2)ccc1N. The predicted octanol–water partition coefficient (Wildman–Crippen LogP) is 3.07. The lowest BCUT2D eigenvalue weighted by molar-refractivity contribution is 0.0717. The van der Waals surface area contributed by atoms with E-state index < -0.39 is 0 Å². The number of nitrogens with two attached hydrogens (primary N) is 1. The van der Waals surface area contributed by atoms with E-state index in [1.807, 2.05) is 11.9 Å². The molecule has 1 aromatic rings. The van der Waals surface area contributed by atoms with Crippen LogP contribution in [0.25, 0.3) is 0 Å². The van der Waals surface area contributed by atoms with Crippen LogP contribution in [0.5, 0.6) is 5.75 Å². The molecular weight excluding hydrogens is 252 g/mol. The summed E-state index contributed by atoms with van der Waals surface area (Å²) in [4.78, 5) is 14.5. The average Bonchev–Trinajstić information content (AvgIpc) is 2.75. The summed E-state index contributed by atoms with van der Waals surface area (Å²) in [5.74, 6) is 0.611. The molecule has 1 aliphatic carbocycles. The van der Waals surface area contributed by atoms with Gasteiger partial charge in [0, 0.05) is 18.7 Å². The number of hydrogen-bond acceptors (Lipinski definition) is 3. The number of benzene rings is 1. The van der Waals surface area contributed by atoms with E-state index in [2.05, 4.69) is 0 Å². The molecule has 0 spiro atoms. The van der Waals surface area contributed by atoms with Crippen LogP contribution in [0.2, 0.25) is 0 Å². The highest BCUT2D eigenvalue weighted by molar-refractivity contribution is 5.95. The third kappa shape index (κ3) is 3.24. The van der Waals surface area contributed by atoms with Crippen LogP contribution in [0.15, 0.2) is 18.2 Å². The molecule has 20 heavy (non-hydrogen) atoms. The van der Waals surface area contributed by atoms with E-state index in [9.17, 15) is 4.79 Å². The van der Waals surface area contributed by atoms with Gasteiger partial charge in [-0.2, -0.15) is 0 Å². The standard InChI is InChI=1S/C16H24N2O2/c1-18(13-7-5-3-4-6-8-13)16(19)12-9-10-14(17)15(11-12)20-2/h9-11,13H,3-8,17H2,1-2H3. The summed E-state index contributed by atoms with van der Waals surface area (Å²) in [5, 5.41) is 0. The van der Waals surface area contributed by atoms with Crippen LogP contribution < -0.4 is 10.5 Å². The van der Waals surface area contributed by atoms with Crippen molar-refractivity contribution in [3.63, 3.8) is 0 Å². The molecule has 110 valence electrons. The highest BCUT2D eigenvalue weighted by Crippen LogP contribution is 2.25. The quantitative estimate of drug-likeness (QED) is 0.682. The molecule has 1 aromatic carbocycles. The molecule has 0 saturated heterocycles. The monoisotopic (exact) mass is 276 g/mol. The van der Waals surface area contributed by atoms with Crippen LogP contribution in [0, 0.1) is 0 Å². The lowest BCUT2D eigenvalue weighted by atomic mass is 10.1. The first-order valence-electron chi connectivity index (χ1n) is 7.34. The van der Waals surface area contributed by atoms with Gasteiger partial charge in [0.25, 0.3) is 5.91 Å². The normalized spacial score (nSPS) is 16.5. The van der Waals surface area contributed by atoms with E-state index in [0.29, 0.717) is 23.0 Å². The van der Waals surface area contributed by atoms with Crippen LogP contribution >= 0.6 is 0 Å².